The number of hydrogen-bond acceptors (Lipinski definition) is 4. The minimum absolute atomic E-state index is 0.411. The van der Waals surface area contributed by atoms with Crippen LogP contribution >= 0.6 is 11.6 Å². The molecule has 116 valence electrons. The minimum Gasteiger partial charge on any atom is -0.491 e. The third kappa shape index (κ3) is 4.59. The molecule has 0 saturated carbocycles. The maximum Gasteiger partial charge on any atom is 0.320 e. The van der Waals surface area contributed by atoms with E-state index >= 15 is 0 Å². The molecule has 1 atom stereocenters. The Labute approximate surface area is 130 Å². The van der Waals surface area contributed by atoms with Crippen LogP contribution in [0.4, 0.5) is 0 Å². The van der Waals surface area contributed by atoms with Gasteiger partial charge in [0.2, 0.25) is 0 Å². The number of aliphatic carboxylic acids is 1. The van der Waals surface area contributed by atoms with Gasteiger partial charge in [-0.2, -0.15) is 0 Å². The lowest BCUT2D eigenvalue weighted by Gasteiger charge is -2.36. The molecule has 0 amide bonds. The zero-order valence-corrected chi connectivity index (χ0v) is 12.9. The summed E-state index contributed by atoms with van der Waals surface area (Å²) in [5, 5.41) is 9.63. The molecule has 1 N–H and O–H groups in total. The highest BCUT2D eigenvalue weighted by Crippen LogP contribution is 2.22. The summed E-state index contributed by atoms with van der Waals surface area (Å²) in [5.41, 5.74) is 0. The van der Waals surface area contributed by atoms with Crippen LogP contribution < -0.4 is 4.74 Å². The lowest BCUT2D eigenvalue weighted by atomic mass is 10.2. The number of carboxylic acids is 1. The minimum atomic E-state index is -0.759. The highest BCUT2D eigenvalue weighted by molar-refractivity contribution is 6.32. The van der Waals surface area contributed by atoms with Crippen LogP contribution in [-0.4, -0.2) is 66.2 Å². The van der Waals surface area contributed by atoms with Crippen LogP contribution in [0.1, 0.15) is 6.92 Å². The number of halogens is 1. The zero-order valence-electron chi connectivity index (χ0n) is 12.2. The number of rotatable bonds is 6. The Kier molecular flexibility index (Phi) is 5.85. The predicted octanol–water partition coefficient (Wildman–Crippen LogP) is 1.81. The fourth-order valence-electron chi connectivity index (χ4n) is 2.38. The van der Waals surface area contributed by atoms with Crippen molar-refractivity contribution in [3.05, 3.63) is 29.3 Å². The molecule has 0 bridgehead atoms. The SMILES string of the molecule is C[C@H](C(=O)O)N1CCN(CCOc2ccccc2Cl)CC1. The van der Waals surface area contributed by atoms with Gasteiger partial charge >= 0.3 is 5.97 Å². The topological polar surface area (TPSA) is 53.0 Å². The number of benzene rings is 1. The maximum absolute atomic E-state index is 11.0. The molecule has 21 heavy (non-hydrogen) atoms. The molecule has 1 aromatic rings. The van der Waals surface area contributed by atoms with Gasteiger partial charge in [-0.1, -0.05) is 23.7 Å². The van der Waals surface area contributed by atoms with Gasteiger partial charge in [-0.15, -0.1) is 0 Å². The summed E-state index contributed by atoms with van der Waals surface area (Å²) in [6.07, 6.45) is 0. The highest BCUT2D eigenvalue weighted by atomic mass is 35.5. The summed E-state index contributed by atoms with van der Waals surface area (Å²) < 4.78 is 5.67. The van der Waals surface area contributed by atoms with E-state index in [2.05, 4.69) is 4.90 Å². The lowest BCUT2D eigenvalue weighted by Crippen LogP contribution is -2.52. The number of para-hydroxylation sites is 1. The first-order valence-corrected chi connectivity index (χ1v) is 7.52. The van der Waals surface area contributed by atoms with E-state index in [9.17, 15) is 4.79 Å². The molecule has 1 aliphatic heterocycles. The van der Waals surface area contributed by atoms with E-state index in [-0.39, 0.29) is 0 Å². The molecule has 1 saturated heterocycles. The third-order valence-corrected chi connectivity index (χ3v) is 4.13. The standard InChI is InChI=1S/C15H21ClN2O3/c1-12(15(19)20)18-8-6-17(7-9-18)10-11-21-14-5-3-2-4-13(14)16/h2-5,12H,6-11H2,1H3,(H,19,20)/t12-/m1/s1. The second-order valence-electron chi connectivity index (χ2n) is 5.17. The summed E-state index contributed by atoms with van der Waals surface area (Å²) in [5.74, 6) is -0.0530. The highest BCUT2D eigenvalue weighted by Gasteiger charge is 2.24. The van der Waals surface area contributed by atoms with Crippen LogP contribution in [0.2, 0.25) is 5.02 Å². The van der Waals surface area contributed by atoms with Gasteiger partial charge in [0.15, 0.2) is 0 Å². The number of hydrogen-bond donors (Lipinski definition) is 1. The van der Waals surface area contributed by atoms with E-state index in [1.54, 1.807) is 6.92 Å². The van der Waals surface area contributed by atoms with Crippen molar-refractivity contribution in [1.82, 2.24) is 9.80 Å². The van der Waals surface area contributed by atoms with Gasteiger partial charge in [0.1, 0.15) is 18.4 Å². The molecule has 2 rings (SSSR count). The summed E-state index contributed by atoms with van der Waals surface area (Å²) in [6.45, 7) is 6.42. The van der Waals surface area contributed by atoms with E-state index in [4.69, 9.17) is 21.4 Å². The summed E-state index contributed by atoms with van der Waals surface area (Å²) in [6, 6.07) is 7.02. The number of nitrogens with zero attached hydrogens (tertiary/aromatic N) is 2. The Balaban J connectivity index is 1.70. The molecule has 0 unspecified atom stereocenters. The molecule has 0 radical (unpaired) electrons. The van der Waals surface area contributed by atoms with Gasteiger partial charge in [-0.25, -0.2) is 0 Å². The van der Waals surface area contributed by atoms with Crippen molar-refractivity contribution in [3.63, 3.8) is 0 Å². The molecule has 1 aliphatic rings. The Hall–Kier alpha value is -1.30. The molecule has 0 aromatic heterocycles. The van der Waals surface area contributed by atoms with Gasteiger partial charge in [0.05, 0.1) is 5.02 Å². The summed E-state index contributed by atoms with van der Waals surface area (Å²) in [4.78, 5) is 15.2. The average Bonchev–Trinajstić information content (AvgIpc) is 2.49. The van der Waals surface area contributed by atoms with Crippen LogP contribution in [0.5, 0.6) is 5.75 Å². The average molecular weight is 313 g/mol. The van der Waals surface area contributed by atoms with Crippen molar-refractivity contribution in [1.29, 1.82) is 0 Å². The largest absolute Gasteiger partial charge is 0.491 e. The van der Waals surface area contributed by atoms with E-state index in [1.165, 1.54) is 0 Å². The Morgan fingerprint density at radius 3 is 2.62 bits per heavy atom. The fraction of sp³-hybridized carbons (Fsp3) is 0.533. The van der Waals surface area contributed by atoms with Crippen LogP contribution in [0.3, 0.4) is 0 Å². The van der Waals surface area contributed by atoms with Crippen LogP contribution in [0.15, 0.2) is 24.3 Å². The van der Waals surface area contributed by atoms with Crippen molar-refractivity contribution in [2.75, 3.05) is 39.3 Å². The van der Waals surface area contributed by atoms with Gasteiger partial charge < -0.3 is 9.84 Å². The second-order valence-corrected chi connectivity index (χ2v) is 5.58. The molecule has 1 heterocycles. The number of carbonyl (C=O) groups is 1. The predicted molar refractivity (Wildman–Crippen MR) is 82.1 cm³/mol. The molecule has 0 aliphatic carbocycles. The Morgan fingerprint density at radius 1 is 1.33 bits per heavy atom. The first-order valence-electron chi connectivity index (χ1n) is 7.14. The normalized spacial score (nSPS) is 18.4. The van der Waals surface area contributed by atoms with Crippen LogP contribution in [0, 0.1) is 0 Å². The molecule has 1 fully saturated rings. The van der Waals surface area contributed by atoms with E-state index in [0.717, 1.165) is 32.7 Å². The van der Waals surface area contributed by atoms with Gasteiger partial charge in [0.25, 0.3) is 0 Å². The zero-order chi connectivity index (χ0) is 15.2. The van der Waals surface area contributed by atoms with Crippen LogP contribution in [0.25, 0.3) is 0 Å². The number of carboxylic acid groups (broad SMARTS) is 1. The van der Waals surface area contributed by atoms with E-state index in [1.807, 2.05) is 29.2 Å². The van der Waals surface area contributed by atoms with Crippen LogP contribution in [-0.2, 0) is 4.79 Å². The smallest absolute Gasteiger partial charge is 0.320 e. The maximum atomic E-state index is 11.0. The molecule has 5 nitrogen and oxygen atoms in total. The first-order chi connectivity index (χ1) is 10.1. The third-order valence-electron chi connectivity index (χ3n) is 3.81. The van der Waals surface area contributed by atoms with Crippen molar-refractivity contribution >= 4 is 17.6 Å². The number of ether oxygens (including phenoxy) is 1. The van der Waals surface area contributed by atoms with Crippen molar-refractivity contribution < 1.29 is 14.6 Å². The summed E-state index contributed by atoms with van der Waals surface area (Å²) in [7, 11) is 0. The lowest BCUT2D eigenvalue weighted by molar-refractivity contribution is -0.143. The van der Waals surface area contributed by atoms with Gasteiger partial charge in [0, 0.05) is 32.7 Å². The van der Waals surface area contributed by atoms with Gasteiger partial charge in [-0.05, 0) is 19.1 Å². The Morgan fingerprint density at radius 2 is 2.00 bits per heavy atom. The summed E-state index contributed by atoms with van der Waals surface area (Å²) >= 11 is 6.03. The molecule has 1 aromatic carbocycles. The number of piperazine rings is 1. The van der Waals surface area contributed by atoms with E-state index < -0.39 is 12.0 Å². The first kappa shape index (κ1) is 16.1. The van der Waals surface area contributed by atoms with Crippen molar-refractivity contribution in [2.45, 2.75) is 13.0 Å². The molecular weight excluding hydrogens is 292 g/mol. The molecule has 0 spiro atoms. The van der Waals surface area contributed by atoms with Gasteiger partial charge in [-0.3, -0.25) is 14.6 Å². The van der Waals surface area contributed by atoms with E-state index in [0.29, 0.717) is 17.4 Å². The monoisotopic (exact) mass is 312 g/mol. The van der Waals surface area contributed by atoms with Crippen molar-refractivity contribution in [2.24, 2.45) is 0 Å². The second kappa shape index (κ2) is 7.64. The fourth-order valence-corrected chi connectivity index (χ4v) is 2.57. The quantitative estimate of drug-likeness (QED) is 0.868. The van der Waals surface area contributed by atoms with Crippen molar-refractivity contribution in [3.8, 4) is 5.75 Å². The Bertz CT molecular complexity index is 476. The molecular formula is C15H21ClN2O3. The molecule has 6 heteroatoms.